The van der Waals surface area contributed by atoms with Gasteiger partial charge in [-0.1, -0.05) is 28.1 Å². The van der Waals surface area contributed by atoms with Gasteiger partial charge >= 0.3 is 0 Å². The molecule has 0 unspecified atom stereocenters. The number of rotatable bonds is 2. The number of Topliss-reactive ketones (excluding diaryl/α,β-unsaturated/α-hetero) is 1. The van der Waals surface area contributed by atoms with E-state index in [9.17, 15) is 9.90 Å². The number of hydrogen-bond donors (Lipinski definition) is 1. The van der Waals surface area contributed by atoms with E-state index >= 15 is 0 Å². The van der Waals surface area contributed by atoms with Gasteiger partial charge in [0.2, 0.25) is 0 Å². The predicted octanol–water partition coefficient (Wildman–Crippen LogP) is 3.34. The maximum Gasteiger partial charge on any atom is 0.136 e. The zero-order chi connectivity index (χ0) is 16.1. The summed E-state index contributed by atoms with van der Waals surface area (Å²) in [5.41, 5.74) is 1.74. The Morgan fingerprint density at radius 1 is 1.32 bits per heavy atom. The first kappa shape index (κ1) is 15.6. The van der Waals surface area contributed by atoms with Crippen LogP contribution in [0.3, 0.4) is 0 Å². The van der Waals surface area contributed by atoms with Crippen molar-refractivity contribution in [2.75, 3.05) is 0 Å². The van der Waals surface area contributed by atoms with Crippen LogP contribution in [0.1, 0.15) is 38.7 Å². The number of halogens is 1. The van der Waals surface area contributed by atoms with Crippen LogP contribution in [0.2, 0.25) is 0 Å². The quantitative estimate of drug-likeness (QED) is 0.876. The molecule has 0 saturated heterocycles. The van der Waals surface area contributed by atoms with Crippen molar-refractivity contribution in [3.8, 4) is 0 Å². The average molecular weight is 363 g/mol. The minimum absolute atomic E-state index is 0.00954. The van der Waals surface area contributed by atoms with E-state index < -0.39 is 11.5 Å². The molecule has 0 radical (unpaired) electrons. The SMILES string of the molecule is CC(=O)[C@H]1[C@H](c2ccc(Br)cc2)[C@@H]2C(C)=NN=C2C[C@]1(C)O. The molecular weight excluding hydrogens is 344 g/mol. The Balaban J connectivity index is 2.14. The van der Waals surface area contributed by atoms with E-state index in [1.54, 1.807) is 13.8 Å². The van der Waals surface area contributed by atoms with E-state index in [-0.39, 0.29) is 17.6 Å². The van der Waals surface area contributed by atoms with Crippen LogP contribution in [0.15, 0.2) is 38.9 Å². The fourth-order valence-corrected chi connectivity index (χ4v) is 4.20. The largest absolute Gasteiger partial charge is 0.389 e. The minimum atomic E-state index is -1.10. The van der Waals surface area contributed by atoms with Gasteiger partial charge < -0.3 is 5.11 Å². The van der Waals surface area contributed by atoms with Crippen molar-refractivity contribution in [2.24, 2.45) is 22.0 Å². The molecule has 0 amide bonds. The molecule has 1 aliphatic carbocycles. The Bertz CT molecular complexity index is 676. The number of ketones is 1. The lowest BCUT2D eigenvalue weighted by Crippen LogP contribution is -2.53. The summed E-state index contributed by atoms with van der Waals surface area (Å²) in [6, 6.07) is 7.95. The van der Waals surface area contributed by atoms with Gasteiger partial charge in [-0.15, -0.1) is 0 Å². The highest BCUT2D eigenvalue weighted by atomic mass is 79.9. The van der Waals surface area contributed by atoms with Gasteiger partial charge in [0.1, 0.15) is 5.78 Å². The van der Waals surface area contributed by atoms with E-state index in [1.165, 1.54) is 0 Å². The van der Waals surface area contributed by atoms with Gasteiger partial charge in [0.15, 0.2) is 0 Å². The van der Waals surface area contributed by atoms with Crippen molar-refractivity contribution >= 4 is 33.1 Å². The molecule has 5 heteroatoms. The summed E-state index contributed by atoms with van der Waals surface area (Å²) >= 11 is 3.44. The topological polar surface area (TPSA) is 62.0 Å². The highest BCUT2D eigenvalue weighted by molar-refractivity contribution is 9.10. The fourth-order valence-electron chi connectivity index (χ4n) is 3.94. The lowest BCUT2D eigenvalue weighted by molar-refractivity contribution is -0.131. The van der Waals surface area contributed by atoms with Gasteiger partial charge in [-0.05, 0) is 38.5 Å². The van der Waals surface area contributed by atoms with Crippen molar-refractivity contribution in [1.29, 1.82) is 0 Å². The van der Waals surface area contributed by atoms with Crippen molar-refractivity contribution in [1.82, 2.24) is 0 Å². The van der Waals surface area contributed by atoms with E-state index in [4.69, 9.17) is 0 Å². The molecular formula is C17H19BrN2O2. The summed E-state index contributed by atoms with van der Waals surface area (Å²) in [5.74, 6) is -0.563. The van der Waals surface area contributed by atoms with Crippen molar-refractivity contribution < 1.29 is 9.90 Å². The summed E-state index contributed by atoms with van der Waals surface area (Å²) in [5, 5.41) is 19.3. The summed E-state index contributed by atoms with van der Waals surface area (Å²) in [6.45, 7) is 5.25. The average Bonchev–Trinajstić information content (AvgIpc) is 2.77. The van der Waals surface area contributed by atoms with Crippen molar-refractivity contribution in [3.63, 3.8) is 0 Å². The fraction of sp³-hybridized carbons (Fsp3) is 0.471. The van der Waals surface area contributed by atoms with Crippen LogP contribution >= 0.6 is 15.9 Å². The van der Waals surface area contributed by atoms with E-state index in [2.05, 4.69) is 26.1 Å². The highest BCUT2D eigenvalue weighted by Gasteiger charge is 2.53. The molecule has 1 aromatic carbocycles. The molecule has 3 rings (SSSR count). The number of nitrogens with zero attached hydrogens (tertiary/aromatic N) is 2. The summed E-state index contributed by atoms with van der Waals surface area (Å²) in [4.78, 5) is 12.3. The van der Waals surface area contributed by atoms with Crippen LogP contribution in [-0.2, 0) is 4.79 Å². The molecule has 1 heterocycles. The Labute approximate surface area is 138 Å². The van der Waals surface area contributed by atoms with Crippen LogP contribution in [0.5, 0.6) is 0 Å². The zero-order valence-corrected chi connectivity index (χ0v) is 14.5. The number of fused-ring (bicyclic) bond motifs is 1. The third-order valence-electron chi connectivity index (χ3n) is 4.77. The molecule has 4 atom stereocenters. The van der Waals surface area contributed by atoms with Crippen LogP contribution in [0.4, 0.5) is 0 Å². The van der Waals surface area contributed by atoms with Gasteiger partial charge in [0, 0.05) is 28.4 Å². The van der Waals surface area contributed by atoms with Gasteiger partial charge in [-0.25, -0.2) is 0 Å². The Hall–Kier alpha value is -1.33. The first-order valence-corrected chi connectivity index (χ1v) is 8.20. The Kier molecular flexibility index (Phi) is 3.81. The number of hydrogen-bond acceptors (Lipinski definition) is 4. The van der Waals surface area contributed by atoms with Gasteiger partial charge in [0.25, 0.3) is 0 Å². The number of carbonyl (C=O) groups is 1. The molecule has 1 saturated carbocycles. The first-order valence-electron chi connectivity index (χ1n) is 7.40. The normalized spacial score (nSPS) is 34.0. The van der Waals surface area contributed by atoms with Gasteiger partial charge in [0.05, 0.1) is 17.2 Å². The van der Waals surface area contributed by atoms with E-state index in [0.717, 1.165) is 21.5 Å². The number of aliphatic hydroxyl groups is 1. The van der Waals surface area contributed by atoms with Crippen molar-refractivity contribution in [2.45, 2.75) is 38.7 Å². The second-order valence-electron chi connectivity index (χ2n) is 6.51. The molecule has 0 aromatic heterocycles. The molecule has 1 N–H and O–H groups in total. The lowest BCUT2D eigenvalue weighted by atomic mass is 9.59. The predicted molar refractivity (Wildman–Crippen MR) is 90.3 cm³/mol. The lowest BCUT2D eigenvalue weighted by Gasteiger charge is -2.45. The molecule has 1 fully saturated rings. The highest BCUT2D eigenvalue weighted by Crippen LogP contribution is 2.48. The summed E-state index contributed by atoms with van der Waals surface area (Å²) in [7, 11) is 0. The minimum Gasteiger partial charge on any atom is -0.389 e. The number of carbonyl (C=O) groups excluding carboxylic acids is 1. The number of benzene rings is 1. The Morgan fingerprint density at radius 3 is 2.55 bits per heavy atom. The third kappa shape index (κ3) is 2.46. The van der Waals surface area contributed by atoms with E-state index in [0.29, 0.717) is 6.42 Å². The maximum atomic E-state index is 12.3. The molecule has 2 aliphatic rings. The van der Waals surface area contributed by atoms with Crippen LogP contribution in [-0.4, -0.2) is 27.9 Å². The molecule has 1 aliphatic heterocycles. The summed E-state index contributed by atoms with van der Waals surface area (Å²) in [6.07, 6.45) is 0.399. The molecule has 22 heavy (non-hydrogen) atoms. The van der Waals surface area contributed by atoms with Crippen LogP contribution < -0.4 is 0 Å². The van der Waals surface area contributed by atoms with Gasteiger partial charge in [-0.3, -0.25) is 4.79 Å². The monoisotopic (exact) mass is 362 g/mol. The molecule has 0 bridgehead atoms. The summed E-state index contributed by atoms with van der Waals surface area (Å²) < 4.78 is 0.990. The zero-order valence-electron chi connectivity index (χ0n) is 12.9. The first-order chi connectivity index (χ1) is 10.3. The van der Waals surface area contributed by atoms with Crippen molar-refractivity contribution in [3.05, 3.63) is 34.3 Å². The second-order valence-corrected chi connectivity index (χ2v) is 7.43. The van der Waals surface area contributed by atoms with Crippen LogP contribution in [0.25, 0.3) is 0 Å². The Morgan fingerprint density at radius 2 is 1.95 bits per heavy atom. The molecule has 116 valence electrons. The standard InChI is InChI=1S/C17H19BrN2O2/c1-9-14-13(20-19-9)8-17(3,22)16(10(2)21)15(14)11-4-6-12(18)7-5-11/h4-7,14-16,22H,8H2,1-3H3/t14-,15-,16+,17+/m1/s1. The van der Waals surface area contributed by atoms with E-state index in [1.807, 2.05) is 31.2 Å². The third-order valence-corrected chi connectivity index (χ3v) is 5.29. The second kappa shape index (κ2) is 5.39. The molecule has 1 aromatic rings. The van der Waals surface area contributed by atoms with Gasteiger partial charge in [-0.2, -0.15) is 10.2 Å². The smallest absolute Gasteiger partial charge is 0.136 e. The molecule has 4 nitrogen and oxygen atoms in total. The molecule has 0 spiro atoms. The van der Waals surface area contributed by atoms with Crippen LogP contribution in [0, 0.1) is 11.8 Å². The maximum absolute atomic E-state index is 12.3.